The lowest BCUT2D eigenvalue weighted by Gasteiger charge is -2.04. The molecular weight excluding hydrogens is 514 g/mol. The molecule has 1 fully saturated rings. The highest BCUT2D eigenvalue weighted by Gasteiger charge is 2.25. The van der Waals surface area contributed by atoms with Crippen LogP contribution >= 0.6 is 43.6 Å². The van der Waals surface area contributed by atoms with Crippen LogP contribution in [-0.4, -0.2) is 21.1 Å². The maximum absolute atomic E-state index is 12.3. The van der Waals surface area contributed by atoms with Gasteiger partial charge in [0, 0.05) is 10.5 Å². The molecule has 0 atom stereocenters. The number of benzene rings is 2. The fourth-order valence-corrected chi connectivity index (χ4v) is 4.10. The number of amidine groups is 1. The third-order valence-corrected chi connectivity index (χ3v) is 6.63. The summed E-state index contributed by atoms with van der Waals surface area (Å²) >= 11 is 7.73. The summed E-state index contributed by atoms with van der Waals surface area (Å²) in [6.45, 7) is 3.92. The van der Waals surface area contributed by atoms with Crippen LogP contribution in [0.2, 0.25) is 0 Å². The molecule has 2 aromatic carbocycles. The second-order valence-electron chi connectivity index (χ2n) is 6.00. The summed E-state index contributed by atoms with van der Waals surface area (Å²) in [6, 6.07) is 6.51. The molecule has 1 aliphatic heterocycles. The fraction of sp³-hybridized carbons (Fsp3) is 0.111. The lowest BCUT2D eigenvalue weighted by molar-refractivity contribution is -0.386. The van der Waals surface area contributed by atoms with Gasteiger partial charge in [-0.3, -0.25) is 14.9 Å². The number of aryl methyl sites for hydroxylation is 2. The Bertz CT molecular complexity index is 1060. The largest absolute Gasteiger partial charge is 0.501 e. The van der Waals surface area contributed by atoms with E-state index in [0.29, 0.717) is 21.3 Å². The van der Waals surface area contributed by atoms with Crippen molar-refractivity contribution in [3.63, 3.8) is 0 Å². The number of hydrogen-bond acceptors (Lipinski definition) is 6. The summed E-state index contributed by atoms with van der Waals surface area (Å²) in [5.41, 5.74) is 2.74. The average molecular weight is 527 g/mol. The SMILES string of the molecule is Cc1cc(N=C2NC(=O)/C(=C/c3cc(Br)c(O)c([N+](=O)[O-])c3)S2)cc(C)c1Br. The third-order valence-electron chi connectivity index (χ3n) is 3.86. The van der Waals surface area contributed by atoms with E-state index in [4.69, 9.17) is 0 Å². The third kappa shape index (κ3) is 4.29. The second kappa shape index (κ2) is 8.06. The number of nitro benzene ring substituents is 1. The fourth-order valence-electron chi connectivity index (χ4n) is 2.56. The number of halogens is 2. The number of rotatable bonds is 3. The molecule has 2 aromatic rings. The van der Waals surface area contributed by atoms with Crippen LogP contribution in [0.25, 0.3) is 6.08 Å². The minimum atomic E-state index is -0.685. The Hall–Kier alpha value is -2.17. The summed E-state index contributed by atoms with van der Waals surface area (Å²) < 4.78 is 1.19. The number of nitro groups is 1. The van der Waals surface area contributed by atoms with Crippen LogP contribution in [0.5, 0.6) is 5.75 Å². The molecule has 1 aliphatic rings. The normalized spacial score (nSPS) is 16.6. The van der Waals surface area contributed by atoms with Crippen LogP contribution in [-0.2, 0) is 4.79 Å². The van der Waals surface area contributed by atoms with Gasteiger partial charge in [-0.25, -0.2) is 4.99 Å². The van der Waals surface area contributed by atoms with Crippen LogP contribution in [0.15, 0.2) is 43.1 Å². The van der Waals surface area contributed by atoms with E-state index in [9.17, 15) is 20.0 Å². The van der Waals surface area contributed by atoms with Crippen LogP contribution in [0, 0.1) is 24.0 Å². The van der Waals surface area contributed by atoms with E-state index in [1.54, 1.807) is 0 Å². The van der Waals surface area contributed by atoms with Crippen LogP contribution in [0.4, 0.5) is 11.4 Å². The Balaban J connectivity index is 1.92. The maximum atomic E-state index is 12.3. The van der Waals surface area contributed by atoms with Gasteiger partial charge in [0.15, 0.2) is 5.17 Å². The smallest absolute Gasteiger partial charge is 0.312 e. The van der Waals surface area contributed by atoms with Gasteiger partial charge in [-0.05, 0) is 82.5 Å². The van der Waals surface area contributed by atoms with Gasteiger partial charge in [-0.1, -0.05) is 15.9 Å². The first kappa shape index (κ1) is 20.6. The molecule has 0 aliphatic carbocycles. The number of aliphatic imine (C=N–C) groups is 1. The Morgan fingerprint density at radius 2 is 1.86 bits per heavy atom. The van der Waals surface area contributed by atoms with Crippen molar-refractivity contribution in [3.8, 4) is 5.75 Å². The van der Waals surface area contributed by atoms with Crippen LogP contribution < -0.4 is 5.32 Å². The van der Waals surface area contributed by atoms with E-state index >= 15 is 0 Å². The molecule has 0 bridgehead atoms. The monoisotopic (exact) mass is 525 g/mol. The van der Waals surface area contributed by atoms with Crippen molar-refractivity contribution >= 4 is 72.1 Å². The molecular formula is C18H13Br2N3O4S. The van der Waals surface area contributed by atoms with Crippen molar-refractivity contribution in [2.75, 3.05) is 0 Å². The van der Waals surface area contributed by atoms with Crippen LogP contribution in [0.3, 0.4) is 0 Å². The molecule has 0 radical (unpaired) electrons. The van der Waals surface area contributed by atoms with Gasteiger partial charge in [0.1, 0.15) is 0 Å². The Morgan fingerprint density at radius 1 is 1.21 bits per heavy atom. The zero-order chi connectivity index (χ0) is 20.6. The number of hydrogen-bond donors (Lipinski definition) is 2. The molecule has 0 unspecified atom stereocenters. The van der Waals surface area contributed by atoms with Crippen molar-refractivity contribution in [1.29, 1.82) is 0 Å². The van der Waals surface area contributed by atoms with Gasteiger partial charge < -0.3 is 10.4 Å². The van der Waals surface area contributed by atoms with E-state index < -0.39 is 16.4 Å². The van der Waals surface area contributed by atoms with E-state index in [1.165, 1.54) is 18.2 Å². The summed E-state index contributed by atoms with van der Waals surface area (Å²) in [4.78, 5) is 27.4. The summed E-state index contributed by atoms with van der Waals surface area (Å²) in [7, 11) is 0. The van der Waals surface area contributed by atoms with Gasteiger partial charge >= 0.3 is 5.69 Å². The number of aromatic hydroxyl groups is 1. The van der Waals surface area contributed by atoms with E-state index in [0.717, 1.165) is 27.4 Å². The maximum Gasteiger partial charge on any atom is 0.312 e. The minimum absolute atomic E-state index is 0.173. The second-order valence-corrected chi connectivity index (χ2v) is 8.68. The molecule has 1 saturated heterocycles. The first-order chi connectivity index (χ1) is 13.2. The Morgan fingerprint density at radius 3 is 2.46 bits per heavy atom. The number of amides is 1. The van der Waals surface area contributed by atoms with Gasteiger partial charge in [0.05, 0.1) is 20.0 Å². The predicted octanol–water partition coefficient (Wildman–Crippen LogP) is 5.33. The van der Waals surface area contributed by atoms with E-state index in [2.05, 4.69) is 42.2 Å². The zero-order valence-electron chi connectivity index (χ0n) is 14.6. The Labute approximate surface area is 181 Å². The first-order valence-corrected chi connectivity index (χ1v) is 10.3. The van der Waals surface area contributed by atoms with Crippen molar-refractivity contribution in [1.82, 2.24) is 5.32 Å². The predicted molar refractivity (Wildman–Crippen MR) is 117 cm³/mol. The van der Waals surface area contributed by atoms with Gasteiger partial charge in [-0.15, -0.1) is 0 Å². The first-order valence-electron chi connectivity index (χ1n) is 7.89. The molecule has 28 heavy (non-hydrogen) atoms. The topological polar surface area (TPSA) is 105 Å². The van der Waals surface area contributed by atoms with Crippen molar-refractivity contribution in [2.24, 2.45) is 4.99 Å². The minimum Gasteiger partial charge on any atom is -0.501 e. The van der Waals surface area contributed by atoms with Gasteiger partial charge in [0.2, 0.25) is 5.75 Å². The lowest BCUT2D eigenvalue weighted by atomic mass is 10.1. The molecule has 2 N–H and O–H groups in total. The number of thioether (sulfide) groups is 1. The zero-order valence-corrected chi connectivity index (χ0v) is 18.6. The highest BCUT2D eigenvalue weighted by molar-refractivity contribution is 9.10. The van der Waals surface area contributed by atoms with E-state index in [1.807, 2.05) is 26.0 Å². The standard InChI is InChI=1S/C18H13Br2N3O4S/c1-8-3-11(4-9(2)15(8)20)21-18-22-17(25)14(28-18)7-10-5-12(19)16(24)13(6-10)23(26)27/h3-7,24H,1-2H3,(H,21,22,25)/b14-7-. The van der Waals surface area contributed by atoms with Gasteiger partial charge in [0.25, 0.3) is 5.91 Å². The molecule has 1 heterocycles. The molecule has 3 rings (SSSR count). The number of carbonyl (C=O) groups is 1. The van der Waals surface area contributed by atoms with Gasteiger partial charge in [-0.2, -0.15) is 0 Å². The van der Waals surface area contributed by atoms with E-state index in [-0.39, 0.29) is 10.4 Å². The van der Waals surface area contributed by atoms with Crippen molar-refractivity contribution < 1.29 is 14.8 Å². The molecule has 0 spiro atoms. The highest BCUT2D eigenvalue weighted by atomic mass is 79.9. The van der Waals surface area contributed by atoms with Crippen LogP contribution in [0.1, 0.15) is 16.7 Å². The Kier molecular flexibility index (Phi) is 5.92. The summed E-state index contributed by atoms with van der Waals surface area (Å²) in [5.74, 6) is -0.805. The average Bonchev–Trinajstić information content (AvgIpc) is 2.94. The molecule has 1 amide bonds. The quantitative estimate of drug-likeness (QED) is 0.319. The molecule has 7 nitrogen and oxygen atoms in total. The molecule has 10 heteroatoms. The molecule has 0 aromatic heterocycles. The number of phenols is 1. The van der Waals surface area contributed by atoms with Crippen molar-refractivity contribution in [2.45, 2.75) is 13.8 Å². The number of phenolic OH excluding ortho intramolecular Hbond substituents is 1. The molecule has 0 saturated carbocycles. The molecule has 144 valence electrons. The summed E-state index contributed by atoms with van der Waals surface area (Å²) in [5, 5.41) is 23.9. The van der Waals surface area contributed by atoms with Crippen molar-refractivity contribution in [3.05, 3.63) is 64.9 Å². The number of nitrogens with zero attached hydrogens (tertiary/aromatic N) is 2. The lowest BCUT2D eigenvalue weighted by Crippen LogP contribution is -2.19. The number of carbonyl (C=O) groups excluding carboxylic acids is 1. The number of nitrogens with one attached hydrogen (secondary N) is 1. The summed E-state index contributed by atoms with van der Waals surface area (Å²) in [6.07, 6.45) is 1.51. The highest BCUT2D eigenvalue weighted by Crippen LogP contribution is 2.37.